The minimum atomic E-state index is -1.90. The Morgan fingerprint density at radius 2 is 1.35 bits per heavy atom. The van der Waals surface area contributed by atoms with Crippen LogP contribution in [0.15, 0.2) is 16.4 Å². The van der Waals surface area contributed by atoms with Gasteiger partial charge in [0.05, 0.1) is 11.6 Å². The van der Waals surface area contributed by atoms with Gasteiger partial charge in [0.2, 0.25) is 22.5 Å². The minimum absolute atomic E-state index is 0.0503. The molecule has 0 aromatic carbocycles. The number of hydrogen-bond acceptors (Lipinski definition) is 3. The fourth-order valence-electron chi connectivity index (χ4n) is 3.33. The van der Waals surface area contributed by atoms with Crippen molar-refractivity contribution in [3.8, 4) is 0 Å². The van der Waals surface area contributed by atoms with Gasteiger partial charge in [-0.1, -0.05) is 53.1 Å². The Hall–Kier alpha value is -0.106. The van der Waals surface area contributed by atoms with Gasteiger partial charge >= 0.3 is 0 Å². The largest absolute Gasteiger partial charge is 0.531 e. The maximum absolute atomic E-state index is 6.62. The average Bonchev–Trinajstić information content (AvgIpc) is 2.38. The molecule has 0 fully saturated rings. The van der Waals surface area contributed by atoms with E-state index in [0.29, 0.717) is 22.5 Å². The molecule has 0 aliphatic carbocycles. The van der Waals surface area contributed by atoms with Crippen molar-refractivity contribution in [1.29, 1.82) is 0 Å². The molecule has 0 heterocycles. The summed E-state index contributed by atoms with van der Waals surface area (Å²) in [4.78, 5) is 4.40. The van der Waals surface area contributed by atoms with Crippen molar-refractivity contribution in [3.63, 3.8) is 0 Å². The summed E-state index contributed by atoms with van der Waals surface area (Å²) < 4.78 is 12.5. The molecule has 0 aliphatic heterocycles. The van der Waals surface area contributed by atoms with Crippen LogP contribution in [0.25, 0.3) is 0 Å². The van der Waals surface area contributed by atoms with Gasteiger partial charge in [0.25, 0.3) is 0 Å². The quantitative estimate of drug-likeness (QED) is 0.260. The topological polar surface area (TPSA) is 30.8 Å². The Labute approximate surface area is 150 Å². The van der Waals surface area contributed by atoms with E-state index in [1.54, 1.807) is 0 Å². The third-order valence-electron chi connectivity index (χ3n) is 4.01. The summed E-state index contributed by atoms with van der Waals surface area (Å²) in [5.41, 5.74) is 3.07. The van der Waals surface area contributed by atoms with Gasteiger partial charge in [-0.05, 0) is 43.2 Å². The van der Waals surface area contributed by atoms with E-state index in [0.717, 1.165) is 0 Å². The molecule has 3 nitrogen and oxygen atoms in total. The second kappa shape index (κ2) is 9.40. The van der Waals surface area contributed by atoms with Crippen molar-refractivity contribution in [2.24, 2.45) is 4.99 Å². The Balaban J connectivity index is 5.16. The Kier molecular flexibility index (Phi) is 9.35. The predicted molar refractivity (Wildman–Crippen MR) is 108 cm³/mol. The van der Waals surface area contributed by atoms with Gasteiger partial charge in [0, 0.05) is 6.21 Å². The van der Waals surface area contributed by atoms with E-state index in [1.807, 2.05) is 6.21 Å². The van der Waals surface area contributed by atoms with Crippen LogP contribution in [-0.2, 0) is 8.85 Å². The Morgan fingerprint density at radius 3 is 1.65 bits per heavy atom. The summed E-state index contributed by atoms with van der Waals surface area (Å²) in [7, 11) is -3.61. The second-order valence-corrected chi connectivity index (χ2v) is 18.1. The van der Waals surface area contributed by atoms with Gasteiger partial charge in [-0.25, -0.2) is 4.99 Å². The van der Waals surface area contributed by atoms with Gasteiger partial charge < -0.3 is 8.85 Å². The summed E-state index contributed by atoms with van der Waals surface area (Å²) in [6.45, 7) is 22.1. The van der Waals surface area contributed by atoms with Crippen molar-refractivity contribution in [3.05, 3.63) is 11.4 Å². The average molecular weight is 378 g/mol. The van der Waals surface area contributed by atoms with Crippen molar-refractivity contribution >= 4 is 34.5 Å². The van der Waals surface area contributed by atoms with E-state index in [9.17, 15) is 0 Å². The number of hydrogen-bond donors (Lipinski definition) is 0. The molecule has 0 amide bonds. The van der Waals surface area contributed by atoms with E-state index in [2.05, 4.69) is 73.1 Å². The molecule has 0 aromatic rings. The van der Waals surface area contributed by atoms with Crippen LogP contribution in [0.4, 0.5) is 0 Å². The lowest BCUT2D eigenvalue weighted by molar-refractivity contribution is 0.253. The third kappa shape index (κ3) is 7.12. The van der Waals surface area contributed by atoms with Gasteiger partial charge in [0.15, 0.2) is 0 Å². The zero-order chi connectivity index (χ0) is 18.4. The van der Waals surface area contributed by atoms with E-state index in [1.165, 1.54) is 5.54 Å². The molecule has 0 radical (unpaired) electrons. The maximum atomic E-state index is 6.62. The highest BCUT2D eigenvalue weighted by molar-refractivity contribution is 6.77. The molecule has 6 heteroatoms. The SMILES string of the molecule is CC(C)[Si](O[C@@H](C)/C=N/C(=C/Cl)O[Si](C)(C)C)(C(C)C)C(C)C. The normalized spacial score (nSPS) is 16.0. The molecule has 0 rings (SSSR count). The molecule has 0 aliphatic rings. The van der Waals surface area contributed by atoms with Crippen molar-refractivity contribution < 1.29 is 8.85 Å². The molecule has 0 spiro atoms. The van der Waals surface area contributed by atoms with Crippen LogP contribution in [0, 0.1) is 0 Å². The molecular formula is C17H36ClNO2Si2. The van der Waals surface area contributed by atoms with Crippen LogP contribution in [0.2, 0.25) is 36.3 Å². The van der Waals surface area contributed by atoms with Crippen molar-refractivity contribution in [1.82, 2.24) is 0 Å². The summed E-state index contributed by atoms with van der Waals surface area (Å²) in [5, 5.41) is 0. The zero-order valence-corrected chi connectivity index (χ0v) is 19.4. The number of rotatable bonds is 9. The monoisotopic (exact) mass is 377 g/mol. The van der Waals surface area contributed by atoms with Gasteiger partial charge in [0.1, 0.15) is 0 Å². The molecule has 0 unspecified atom stereocenters. The first-order valence-corrected chi connectivity index (χ1v) is 14.6. The van der Waals surface area contributed by atoms with Gasteiger partial charge in [-0.3, -0.25) is 0 Å². The molecule has 23 heavy (non-hydrogen) atoms. The van der Waals surface area contributed by atoms with Crippen LogP contribution in [-0.4, -0.2) is 29.0 Å². The molecule has 0 aromatic heterocycles. The molecule has 1 atom stereocenters. The minimum Gasteiger partial charge on any atom is -0.531 e. The standard InChI is InChI=1S/C17H36ClNO2Si2/c1-13(2)23(14(3)4,15(5)6)20-16(7)12-19-17(11-18)21-22(8,9)10/h11-16H,1-10H3/b17-11-,19-12+/t16-/m0/s1. The number of halogens is 1. The zero-order valence-electron chi connectivity index (χ0n) is 16.6. The molecule has 136 valence electrons. The van der Waals surface area contributed by atoms with E-state index in [4.69, 9.17) is 20.5 Å². The van der Waals surface area contributed by atoms with Crippen LogP contribution >= 0.6 is 11.6 Å². The highest BCUT2D eigenvalue weighted by Crippen LogP contribution is 2.42. The summed E-state index contributed by atoms with van der Waals surface area (Å²) in [6.07, 6.45) is 1.77. The fourth-order valence-corrected chi connectivity index (χ4v) is 9.77. The Morgan fingerprint density at radius 1 is 0.913 bits per heavy atom. The summed E-state index contributed by atoms with van der Waals surface area (Å²) >= 11 is 5.83. The lowest BCUT2D eigenvalue weighted by atomic mass is 10.5. The highest BCUT2D eigenvalue weighted by atomic mass is 35.5. The maximum Gasteiger partial charge on any atom is 0.244 e. The fraction of sp³-hybridized carbons (Fsp3) is 0.824. The molecule has 0 saturated heterocycles. The molecule has 0 bridgehead atoms. The first kappa shape index (κ1) is 22.9. The molecule has 0 N–H and O–H groups in total. The molecular weight excluding hydrogens is 342 g/mol. The first-order valence-electron chi connectivity index (χ1n) is 8.58. The highest BCUT2D eigenvalue weighted by Gasteiger charge is 2.45. The lowest BCUT2D eigenvalue weighted by Gasteiger charge is -2.43. The summed E-state index contributed by atoms with van der Waals surface area (Å²) in [6, 6.07) is 0. The number of nitrogens with zero attached hydrogens (tertiary/aromatic N) is 1. The van der Waals surface area contributed by atoms with Gasteiger partial charge in [-0.2, -0.15) is 0 Å². The van der Waals surface area contributed by atoms with E-state index < -0.39 is 16.6 Å². The predicted octanol–water partition coefficient (Wildman–Crippen LogP) is 6.53. The van der Waals surface area contributed by atoms with E-state index >= 15 is 0 Å². The molecule has 0 saturated carbocycles. The first-order chi connectivity index (χ1) is 10.4. The van der Waals surface area contributed by atoms with E-state index in [-0.39, 0.29) is 6.10 Å². The lowest BCUT2D eigenvalue weighted by Crippen LogP contribution is -2.50. The smallest absolute Gasteiger partial charge is 0.244 e. The van der Waals surface area contributed by atoms with Crippen molar-refractivity contribution in [2.75, 3.05) is 0 Å². The van der Waals surface area contributed by atoms with Crippen LogP contribution in [0.3, 0.4) is 0 Å². The number of aliphatic imine (C=N–C) groups is 1. The summed E-state index contributed by atoms with van der Waals surface area (Å²) in [5.74, 6) is 0.479. The third-order valence-corrected chi connectivity index (χ3v) is 11.2. The van der Waals surface area contributed by atoms with Crippen LogP contribution in [0.5, 0.6) is 0 Å². The van der Waals surface area contributed by atoms with Gasteiger partial charge in [-0.15, -0.1) is 0 Å². The van der Waals surface area contributed by atoms with Crippen molar-refractivity contribution in [2.45, 2.75) is 90.8 Å². The van der Waals surface area contributed by atoms with Crippen LogP contribution in [0.1, 0.15) is 48.5 Å². The Bertz CT molecular complexity index is 394. The second-order valence-electron chi connectivity index (χ2n) is 8.08. The van der Waals surface area contributed by atoms with Crippen LogP contribution < -0.4 is 0 Å².